The lowest BCUT2D eigenvalue weighted by molar-refractivity contribution is -0.0270. The average Bonchev–Trinajstić information content (AvgIpc) is 2.42. The summed E-state index contributed by atoms with van der Waals surface area (Å²) in [6.45, 7) is -0.174. The Hall–Kier alpha value is -1.51. The predicted molar refractivity (Wildman–Crippen MR) is 71.7 cm³/mol. The Labute approximate surface area is 122 Å². The largest absolute Gasteiger partial charge is 0.465 e. The Kier molecular flexibility index (Phi) is 4.31. The standard InChI is InChI=1S/C13H16FNO5S/c1-20-12(16)10-4-3-9(14)7-11(10)21(18,19)15-8-13(17)5-2-6-13/h3-4,7,15,17H,2,5-6,8H2,1H3. The Bertz CT molecular complexity index is 655. The van der Waals surface area contributed by atoms with E-state index in [1.807, 2.05) is 0 Å². The van der Waals surface area contributed by atoms with E-state index in [1.165, 1.54) is 0 Å². The minimum atomic E-state index is -4.13. The van der Waals surface area contributed by atoms with Crippen LogP contribution < -0.4 is 4.72 Å². The fourth-order valence-electron chi connectivity index (χ4n) is 2.07. The van der Waals surface area contributed by atoms with Crippen molar-refractivity contribution in [1.82, 2.24) is 4.72 Å². The third-order valence-corrected chi connectivity index (χ3v) is 4.96. The van der Waals surface area contributed by atoms with E-state index in [-0.39, 0.29) is 12.1 Å². The van der Waals surface area contributed by atoms with Gasteiger partial charge in [0.2, 0.25) is 10.0 Å². The lowest BCUT2D eigenvalue weighted by Gasteiger charge is -2.36. The predicted octanol–water partition coefficient (Wildman–Crippen LogP) is 0.806. The van der Waals surface area contributed by atoms with Crippen molar-refractivity contribution in [2.75, 3.05) is 13.7 Å². The number of carbonyl (C=O) groups excluding carboxylic acids is 1. The van der Waals surface area contributed by atoms with Crippen LogP contribution in [0.2, 0.25) is 0 Å². The molecular weight excluding hydrogens is 301 g/mol. The van der Waals surface area contributed by atoms with Crippen LogP contribution in [0, 0.1) is 5.82 Å². The smallest absolute Gasteiger partial charge is 0.339 e. The van der Waals surface area contributed by atoms with Gasteiger partial charge in [-0.05, 0) is 37.5 Å². The number of esters is 1. The van der Waals surface area contributed by atoms with Crippen LogP contribution in [0.15, 0.2) is 23.1 Å². The van der Waals surface area contributed by atoms with Gasteiger partial charge in [0.1, 0.15) is 5.82 Å². The van der Waals surface area contributed by atoms with Gasteiger partial charge in [0, 0.05) is 6.54 Å². The molecule has 1 aromatic carbocycles. The van der Waals surface area contributed by atoms with Gasteiger partial charge >= 0.3 is 5.97 Å². The van der Waals surface area contributed by atoms with Gasteiger partial charge in [-0.1, -0.05) is 0 Å². The summed E-state index contributed by atoms with van der Waals surface area (Å²) in [6.07, 6.45) is 1.83. The van der Waals surface area contributed by atoms with Crippen molar-refractivity contribution in [3.63, 3.8) is 0 Å². The molecule has 8 heteroatoms. The maximum absolute atomic E-state index is 13.3. The Morgan fingerprint density at radius 2 is 2.14 bits per heavy atom. The molecule has 0 atom stereocenters. The van der Waals surface area contributed by atoms with E-state index in [0.717, 1.165) is 31.7 Å². The fraction of sp³-hybridized carbons (Fsp3) is 0.462. The number of hydrogen-bond donors (Lipinski definition) is 2. The minimum absolute atomic E-state index is 0.174. The quantitative estimate of drug-likeness (QED) is 0.784. The summed E-state index contributed by atoms with van der Waals surface area (Å²) >= 11 is 0. The molecule has 0 aromatic heterocycles. The topological polar surface area (TPSA) is 92.7 Å². The molecule has 2 N–H and O–H groups in total. The van der Waals surface area contributed by atoms with Crippen molar-refractivity contribution in [3.8, 4) is 0 Å². The molecule has 6 nitrogen and oxygen atoms in total. The van der Waals surface area contributed by atoms with Gasteiger partial charge in [-0.25, -0.2) is 22.3 Å². The van der Waals surface area contributed by atoms with Crippen LogP contribution in [-0.4, -0.2) is 38.7 Å². The van der Waals surface area contributed by atoms with E-state index >= 15 is 0 Å². The zero-order valence-corrected chi connectivity index (χ0v) is 12.2. The van der Waals surface area contributed by atoms with Crippen molar-refractivity contribution in [2.45, 2.75) is 29.8 Å². The summed E-state index contributed by atoms with van der Waals surface area (Å²) in [5.74, 6) is -1.66. The van der Waals surface area contributed by atoms with Gasteiger partial charge in [0.25, 0.3) is 0 Å². The summed E-state index contributed by atoms with van der Waals surface area (Å²) in [4.78, 5) is 11.1. The zero-order chi connectivity index (χ0) is 15.7. The Morgan fingerprint density at radius 1 is 1.48 bits per heavy atom. The normalized spacial score (nSPS) is 17.1. The number of methoxy groups -OCH3 is 1. The average molecular weight is 317 g/mol. The molecule has 1 aliphatic rings. The highest BCUT2D eigenvalue weighted by Crippen LogP contribution is 2.31. The molecule has 0 aliphatic heterocycles. The molecule has 1 fully saturated rings. The number of aliphatic hydroxyl groups is 1. The first-order chi connectivity index (χ1) is 9.77. The second-order valence-corrected chi connectivity index (χ2v) is 6.77. The second kappa shape index (κ2) is 5.70. The summed E-state index contributed by atoms with van der Waals surface area (Å²) in [5.41, 5.74) is -1.32. The van der Waals surface area contributed by atoms with Crippen LogP contribution in [0.5, 0.6) is 0 Å². The highest BCUT2D eigenvalue weighted by atomic mass is 32.2. The molecule has 0 saturated heterocycles. The fourth-order valence-corrected chi connectivity index (χ4v) is 3.39. The minimum Gasteiger partial charge on any atom is -0.465 e. The molecule has 1 aromatic rings. The SMILES string of the molecule is COC(=O)c1ccc(F)cc1S(=O)(=O)NCC1(O)CCC1. The molecule has 0 heterocycles. The summed E-state index contributed by atoms with van der Waals surface area (Å²) < 4.78 is 44.4. The number of benzene rings is 1. The summed E-state index contributed by atoms with van der Waals surface area (Å²) in [5, 5.41) is 9.91. The molecule has 21 heavy (non-hydrogen) atoms. The lowest BCUT2D eigenvalue weighted by atomic mass is 9.81. The number of carbonyl (C=O) groups is 1. The number of rotatable bonds is 5. The maximum atomic E-state index is 13.3. The maximum Gasteiger partial charge on any atom is 0.339 e. The van der Waals surface area contributed by atoms with E-state index in [0.29, 0.717) is 12.8 Å². The highest BCUT2D eigenvalue weighted by Gasteiger charge is 2.36. The van der Waals surface area contributed by atoms with Crippen LogP contribution in [0.1, 0.15) is 29.6 Å². The van der Waals surface area contributed by atoms with Crippen molar-refractivity contribution in [2.24, 2.45) is 0 Å². The molecule has 0 bridgehead atoms. The molecule has 2 rings (SSSR count). The van der Waals surface area contributed by atoms with Crippen molar-refractivity contribution < 1.29 is 27.4 Å². The molecule has 116 valence electrons. The van der Waals surface area contributed by atoms with Crippen LogP contribution in [0.3, 0.4) is 0 Å². The van der Waals surface area contributed by atoms with Crippen molar-refractivity contribution in [3.05, 3.63) is 29.6 Å². The van der Waals surface area contributed by atoms with Gasteiger partial charge in [-0.3, -0.25) is 0 Å². The number of hydrogen-bond acceptors (Lipinski definition) is 5. The third kappa shape index (κ3) is 3.39. The van der Waals surface area contributed by atoms with E-state index in [4.69, 9.17) is 0 Å². The first-order valence-corrected chi connectivity index (χ1v) is 7.86. The van der Waals surface area contributed by atoms with E-state index < -0.39 is 32.3 Å². The first-order valence-electron chi connectivity index (χ1n) is 6.37. The highest BCUT2D eigenvalue weighted by molar-refractivity contribution is 7.89. The molecule has 1 saturated carbocycles. The monoisotopic (exact) mass is 317 g/mol. The molecular formula is C13H16FNO5S. The van der Waals surface area contributed by atoms with Crippen LogP contribution in [0.25, 0.3) is 0 Å². The van der Waals surface area contributed by atoms with Crippen molar-refractivity contribution in [1.29, 1.82) is 0 Å². The van der Waals surface area contributed by atoms with Crippen LogP contribution in [0.4, 0.5) is 4.39 Å². The first kappa shape index (κ1) is 15.9. The summed E-state index contributed by atoms with van der Waals surface area (Å²) in [7, 11) is -3.03. The van der Waals surface area contributed by atoms with Crippen LogP contribution in [-0.2, 0) is 14.8 Å². The van der Waals surface area contributed by atoms with Gasteiger partial charge in [-0.2, -0.15) is 0 Å². The molecule has 1 aliphatic carbocycles. The van der Waals surface area contributed by atoms with Gasteiger partial charge in [-0.15, -0.1) is 0 Å². The van der Waals surface area contributed by atoms with Crippen LogP contribution >= 0.6 is 0 Å². The number of nitrogens with one attached hydrogen (secondary N) is 1. The Balaban J connectivity index is 2.30. The Morgan fingerprint density at radius 3 is 2.67 bits per heavy atom. The molecule has 0 unspecified atom stereocenters. The number of halogens is 1. The van der Waals surface area contributed by atoms with Gasteiger partial charge in [0.15, 0.2) is 0 Å². The van der Waals surface area contributed by atoms with E-state index in [9.17, 15) is 22.7 Å². The second-order valence-electron chi connectivity index (χ2n) is 5.03. The summed E-state index contributed by atoms with van der Waals surface area (Å²) in [6, 6.07) is 2.78. The number of ether oxygens (including phenoxy) is 1. The molecule has 0 radical (unpaired) electrons. The number of sulfonamides is 1. The zero-order valence-electron chi connectivity index (χ0n) is 11.4. The van der Waals surface area contributed by atoms with E-state index in [1.54, 1.807) is 0 Å². The lowest BCUT2D eigenvalue weighted by Crippen LogP contribution is -2.47. The van der Waals surface area contributed by atoms with E-state index in [2.05, 4.69) is 9.46 Å². The third-order valence-electron chi connectivity index (χ3n) is 3.51. The van der Waals surface area contributed by atoms with Gasteiger partial charge < -0.3 is 9.84 Å². The molecule has 0 amide bonds. The molecule has 0 spiro atoms. The van der Waals surface area contributed by atoms with Gasteiger partial charge in [0.05, 0.1) is 23.2 Å². The van der Waals surface area contributed by atoms with Crippen molar-refractivity contribution >= 4 is 16.0 Å².